The van der Waals surface area contributed by atoms with E-state index >= 15 is 0 Å². The van der Waals surface area contributed by atoms with Crippen LogP contribution in [0.25, 0.3) is 21.9 Å². The van der Waals surface area contributed by atoms with Crippen molar-refractivity contribution in [3.8, 4) is 0 Å². The van der Waals surface area contributed by atoms with E-state index in [2.05, 4.69) is 5.16 Å². The first-order valence-corrected chi connectivity index (χ1v) is 10.8. The van der Waals surface area contributed by atoms with Gasteiger partial charge in [0.25, 0.3) is 0 Å². The molecule has 5 aromatic rings. The van der Waals surface area contributed by atoms with Crippen LogP contribution in [0.5, 0.6) is 0 Å². The van der Waals surface area contributed by atoms with Gasteiger partial charge in [0.15, 0.2) is 5.84 Å². The maximum absolute atomic E-state index is 13.0. The van der Waals surface area contributed by atoms with E-state index < -0.39 is 17.5 Å². The van der Waals surface area contributed by atoms with Gasteiger partial charge in [-0.05, 0) is 42.5 Å². The van der Waals surface area contributed by atoms with E-state index in [4.69, 9.17) is 25.3 Å². The predicted octanol–water partition coefficient (Wildman–Crippen LogP) is 5.45. The lowest BCUT2D eigenvalue weighted by atomic mass is 10.1. The Bertz CT molecular complexity index is 1710. The molecule has 6 rings (SSSR count). The van der Waals surface area contributed by atoms with Gasteiger partial charge in [-0.1, -0.05) is 47.1 Å². The summed E-state index contributed by atoms with van der Waals surface area (Å²) in [4.78, 5) is 32.2. The first-order valence-electron chi connectivity index (χ1n) is 10.4. The Morgan fingerprint density at radius 3 is 2.44 bits per heavy atom. The molecular weight excluding hydrogens is 456 g/mol. The molecule has 0 aliphatic carbocycles. The molecule has 0 saturated heterocycles. The van der Waals surface area contributed by atoms with Crippen LogP contribution >= 0.6 is 11.6 Å². The minimum Gasteiger partial charge on any atom is -0.423 e. The van der Waals surface area contributed by atoms with Crippen LogP contribution in [0.15, 0.2) is 109 Å². The molecule has 1 aliphatic rings. The van der Waals surface area contributed by atoms with Crippen molar-refractivity contribution in [3.63, 3.8) is 0 Å². The largest absolute Gasteiger partial charge is 0.423 e. The second-order valence-corrected chi connectivity index (χ2v) is 8.19. The monoisotopic (exact) mass is 470 g/mol. The fraction of sp³-hybridized carbons (Fsp3) is 0.0385. The van der Waals surface area contributed by atoms with Crippen LogP contribution in [-0.4, -0.2) is 5.84 Å². The summed E-state index contributed by atoms with van der Waals surface area (Å²) >= 11 is 6.05. The van der Waals surface area contributed by atoms with Crippen molar-refractivity contribution in [1.82, 2.24) is 0 Å². The molecular formula is C26H15ClN2O5. The summed E-state index contributed by atoms with van der Waals surface area (Å²) in [7, 11) is 0. The van der Waals surface area contributed by atoms with Crippen molar-refractivity contribution < 1.29 is 13.7 Å². The summed E-state index contributed by atoms with van der Waals surface area (Å²) in [5.41, 5.74) is 1.64. The molecule has 166 valence electrons. The van der Waals surface area contributed by atoms with E-state index in [9.17, 15) is 9.59 Å². The third-order valence-electron chi connectivity index (χ3n) is 5.61. The number of hydrogen-bond donors (Lipinski definition) is 0. The molecule has 0 bridgehead atoms. The van der Waals surface area contributed by atoms with E-state index in [1.54, 1.807) is 42.5 Å². The second kappa shape index (κ2) is 7.90. The van der Waals surface area contributed by atoms with Gasteiger partial charge < -0.3 is 13.7 Å². The summed E-state index contributed by atoms with van der Waals surface area (Å²) in [5, 5.41) is 6.21. The smallest absolute Gasteiger partial charge is 0.345 e. The molecule has 2 aromatic heterocycles. The van der Waals surface area contributed by atoms with Crippen LogP contribution in [0, 0.1) is 0 Å². The van der Waals surface area contributed by atoms with E-state index in [1.807, 2.05) is 41.3 Å². The van der Waals surface area contributed by atoms with Crippen LogP contribution in [0.2, 0.25) is 5.02 Å². The van der Waals surface area contributed by atoms with Gasteiger partial charge in [0, 0.05) is 39.2 Å². The van der Waals surface area contributed by atoms with Crippen LogP contribution in [-0.2, 0) is 4.84 Å². The van der Waals surface area contributed by atoms with Crippen molar-refractivity contribution in [2.24, 2.45) is 5.16 Å². The van der Waals surface area contributed by atoms with E-state index in [0.29, 0.717) is 33.1 Å². The van der Waals surface area contributed by atoms with Gasteiger partial charge in [-0.3, -0.25) is 4.90 Å². The van der Waals surface area contributed by atoms with Gasteiger partial charge in [-0.25, -0.2) is 9.59 Å². The third-order valence-corrected chi connectivity index (χ3v) is 5.84. The van der Waals surface area contributed by atoms with Gasteiger partial charge in [-0.15, -0.1) is 0 Å². The molecule has 8 heteroatoms. The molecule has 0 fully saturated rings. The van der Waals surface area contributed by atoms with Crippen molar-refractivity contribution in [2.45, 2.75) is 6.23 Å². The molecule has 0 amide bonds. The number of nitrogens with zero attached hydrogens (tertiary/aromatic N) is 2. The van der Waals surface area contributed by atoms with Gasteiger partial charge in [0.05, 0.1) is 0 Å². The van der Waals surface area contributed by atoms with Crippen LogP contribution in [0.4, 0.5) is 5.69 Å². The van der Waals surface area contributed by atoms with Crippen molar-refractivity contribution in [3.05, 3.63) is 122 Å². The van der Waals surface area contributed by atoms with Gasteiger partial charge >= 0.3 is 11.3 Å². The Kier molecular flexibility index (Phi) is 4.71. The zero-order valence-electron chi connectivity index (χ0n) is 17.5. The average molecular weight is 471 g/mol. The molecule has 7 nitrogen and oxygen atoms in total. The number of amidine groups is 1. The lowest BCUT2D eigenvalue weighted by Gasteiger charge is -2.25. The fourth-order valence-electron chi connectivity index (χ4n) is 4.02. The van der Waals surface area contributed by atoms with Crippen LogP contribution in [0.3, 0.4) is 0 Å². The predicted molar refractivity (Wildman–Crippen MR) is 129 cm³/mol. The standard InChI is InChI=1S/C26H15ClN2O5/c27-18-8-6-17-13-20(26(31)33-22(17)14-18)25-29(24(28-34-25)15-4-2-1-3-5-15)19-9-10-21-16(12-19)7-11-23(30)32-21/h1-14,25H. The maximum atomic E-state index is 13.0. The number of oxime groups is 1. The van der Waals surface area contributed by atoms with E-state index in [0.717, 1.165) is 10.9 Å². The normalized spacial score (nSPS) is 15.5. The Balaban J connectivity index is 1.53. The van der Waals surface area contributed by atoms with Gasteiger partial charge in [0.1, 0.15) is 16.7 Å². The van der Waals surface area contributed by atoms with Crippen LogP contribution in [0.1, 0.15) is 17.4 Å². The molecule has 0 radical (unpaired) electrons. The number of hydrogen-bond acceptors (Lipinski definition) is 7. The highest BCUT2D eigenvalue weighted by molar-refractivity contribution is 6.31. The molecule has 0 saturated carbocycles. The molecule has 0 N–H and O–H groups in total. The Hall–Kier alpha value is -4.36. The first-order chi connectivity index (χ1) is 16.6. The Morgan fingerprint density at radius 2 is 1.59 bits per heavy atom. The quantitative estimate of drug-likeness (QED) is 0.326. The van der Waals surface area contributed by atoms with Gasteiger partial charge in [-0.2, -0.15) is 0 Å². The zero-order valence-corrected chi connectivity index (χ0v) is 18.2. The fourth-order valence-corrected chi connectivity index (χ4v) is 4.18. The lowest BCUT2D eigenvalue weighted by Crippen LogP contribution is -2.33. The lowest BCUT2D eigenvalue weighted by molar-refractivity contribution is 0.0844. The van der Waals surface area contributed by atoms with Gasteiger partial charge in [0.2, 0.25) is 6.23 Å². The summed E-state index contributed by atoms with van der Waals surface area (Å²) < 4.78 is 10.8. The second-order valence-electron chi connectivity index (χ2n) is 7.76. The van der Waals surface area contributed by atoms with Crippen molar-refractivity contribution in [1.29, 1.82) is 0 Å². The summed E-state index contributed by atoms with van der Waals surface area (Å²) in [6.45, 7) is 0. The molecule has 1 aliphatic heterocycles. The van der Waals surface area contributed by atoms with E-state index in [1.165, 1.54) is 6.07 Å². The molecule has 1 unspecified atom stereocenters. The molecule has 1 atom stereocenters. The minimum absolute atomic E-state index is 0.282. The number of rotatable bonds is 3. The van der Waals surface area contributed by atoms with Crippen molar-refractivity contribution in [2.75, 3.05) is 4.90 Å². The topological polar surface area (TPSA) is 85.3 Å². The average Bonchev–Trinajstić information content (AvgIpc) is 3.28. The molecule has 0 spiro atoms. The maximum Gasteiger partial charge on any atom is 0.345 e. The molecule has 34 heavy (non-hydrogen) atoms. The zero-order chi connectivity index (χ0) is 23.2. The highest BCUT2D eigenvalue weighted by Crippen LogP contribution is 2.36. The number of fused-ring (bicyclic) bond motifs is 2. The summed E-state index contributed by atoms with van der Waals surface area (Å²) in [6, 6.07) is 24.7. The van der Waals surface area contributed by atoms with Crippen molar-refractivity contribution >= 4 is 45.1 Å². The van der Waals surface area contributed by atoms with E-state index in [-0.39, 0.29) is 5.56 Å². The minimum atomic E-state index is -0.875. The third kappa shape index (κ3) is 3.43. The summed E-state index contributed by atoms with van der Waals surface area (Å²) in [6.07, 6.45) is -0.875. The number of benzene rings is 3. The highest BCUT2D eigenvalue weighted by atomic mass is 35.5. The molecule has 3 heterocycles. The summed E-state index contributed by atoms with van der Waals surface area (Å²) in [5.74, 6) is 0.526. The molecule has 3 aromatic carbocycles. The first kappa shape index (κ1) is 20.3. The van der Waals surface area contributed by atoms with Crippen LogP contribution < -0.4 is 16.2 Å². The SMILES string of the molecule is O=c1ccc2cc(N3C(c4ccccc4)=NOC3c3cc4ccc(Cl)cc4oc3=O)ccc2o1. The highest BCUT2D eigenvalue weighted by Gasteiger charge is 2.36. The Labute approximate surface area is 197 Å². The number of halogens is 1. The number of anilines is 1. The Morgan fingerprint density at radius 1 is 0.794 bits per heavy atom.